The first-order chi connectivity index (χ1) is 13.9. The van der Waals surface area contributed by atoms with Gasteiger partial charge in [-0.2, -0.15) is 0 Å². The van der Waals surface area contributed by atoms with Crippen molar-refractivity contribution in [3.05, 3.63) is 29.8 Å². The smallest absolute Gasteiger partial charge is 0.258 e. The van der Waals surface area contributed by atoms with Gasteiger partial charge in [-0.05, 0) is 19.1 Å². The fourth-order valence-electron chi connectivity index (χ4n) is 4.12. The molecule has 0 radical (unpaired) electrons. The number of hydrogen-bond donors (Lipinski definition) is 2. The summed E-state index contributed by atoms with van der Waals surface area (Å²) in [6, 6.07) is 6.32. The number of likely N-dealkylation sites (tertiary alicyclic amines) is 1. The van der Waals surface area contributed by atoms with Crippen molar-refractivity contribution in [2.45, 2.75) is 38.0 Å². The van der Waals surface area contributed by atoms with Crippen LogP contribution in [0.1, 0.15) is 36.5 Å². The van der Waals surface area contributed by atoms with Gasteiger partial charge in [0.1, 0.15) is 11.8 Å². The van der Waals surface area contributed by atoms with Gasteiger partial charge in [-0.15, -0.1) is 0 Å². The van der Waals surface area contributed by atoms with Gasteiger partial charge in [-0.25, -0.2) is 0 Å². The van der Waals surface area contributed by atoms with Gasteiger partial charge in [0.25, 0.3) is 5.91 Å². The average molecular weight is 400 g/mol. The Labute approximate surface area is 168 Å². The topological polar surface area (TPSA) is 108 Å². The minimum Gasteiger partial charge on any atom is -0.467 e. The Morgan fingerprint density at radius 2 is 1.97 bits per heavy atom. The molecule has 0 bridgehead atoms. The SMILES string of the molecule is CC(C(=O)N1CCNC(=O)C1)N1CCC2(CCC1=O)NC(=O)c1ccccc1O2. The Kier molecular flexibility index (Phi) is 4.89. The highest BCUT2D eigenvalue weighted by molar-refractivity contribution is 5.98. The maximum Gasteiger partial charge on any atom is 0.258 e. The van der Waals surface area contributed by atoms with E-state index in [1.54, 1.807) is 31.2 Å². The fraction of sp³-hybridized carbons (Fsp3) is 0.500. The lowest BCUT2D eigenvalue weighted by molar-refractivity contribution is -0.147. The van der Waals surface area contributed by atoms with Crippen molar-refractivity contribution in [1.29, 1.82) is 0 Å². The van der Waals surface area contributed by atoms with Crippen molar-refractivity contribution in [3.8, 4) is 5.75 Å². The molecule has 2 N–H and O–H groups in total. The Morgan fingerprint density at radius 1 is 1.17 bits per heavy atom. The van der Waals surface area contributed by atoms with Gasteiger partial charge in [0, 0.05) is 38.9 Å². The molecule has 0 saturated carbocycles. The first kappa shape index (κ1) is 19.2. The molecule has 1 aromatic rings. The molecule has 0 aliphatic carbocycles. The van der Waals surface area contributed by atoms with Gasteiger partial charge in [0.2, 0.25) is 17.7 Å². The van der Waals surface area contributed by atoms with Crippen molar-refractivity contribution in [3.63, 3.8) is 0 Å². The predicted molar refractivity (Wildman–Crippen MR) is 102 cm³/mol. The second-order valence-corrected chi connectivity index (χ2v) is 7.67. The zero-order chi connectivity index (χ0) is 20.6. The van der Waals surface area contributed by atoms with Crippen molar-refractivity contribution in [2.24, 2.45) is 0 Å². The summed E-state index contributed by atoms with van der Waals surface area (Å²) < 4.78 is 6.12. The molecule has 4 rings (SSSR count). The highest BCUT2D eigenvalue weighted by Gasteiger charge is 2.44. The van der Waals surface area contributed by atoms with Crippen LogP contribution in [-0.2, 0) is 14.4 Å². The number of nitrogens with one attached hydrogen (secondary N) is 2. The van der Waals surface area contributed by atoms with E-state index in [0.717, 1.165) is 0 Å². The molecular weight excluding hydrogens is 376 g/mol. The van der Waals surface area contributed by atoms with Gasteiger partial charge in [0.05, 0.1) is 12.1 Å². The molecule has 9 heteroatoms. The van der Waals surface area contributed by atoms with Crippen LogP contribution in [0.5, 0.6) is 5.75 Å². The van der Waals surface area contributed by atoms with E-state index in [9.17, 15) is 19.2 Å². The summed E-state index contributed by atoms with van der Waals surface area (Å²) in [4.78, 5) is 52.7. The van der Waals surface area contributed by atoms with E-state index in [0.29, 0.717) is 37.2 Å². The van der Waals surface area contributed by atoms with Crippen LogP contribution >= 0.6 is 0 Å². The number of rotatable bonds is 2. The summed E-state index contributed by atoms with van der Waals surface area (Å²) in [6.45, 7) is 2.80. The lowest BCUT2D eigenvalue weighted by Crippen LogP contribution is -2.57. The van der Waals surface area contributed by atoms with Gasteiger partial charge >= 0.3 is 0 Å². The van der Waals surface area contributed by atoms with Crippen molar-refractivity contribution >= 4 is 23.6 Å². The quantitative estimate of drug-likeness (QED) is 0.719. The van der Waals surface area contributed by atoms with E-state index < -0.39 is 11.8 Å². The molecule has 4 amide bonds. The van der Waals surface area contributed by atoms with Gasteiger partial charge in [-0.1, -0.05) is 12.1 Å². The van der Waals surface area contributed by atoms with E-state index in [-0.39, 0.29) is 43.1 Å². The molecule has 29 heavy (non-hydrogen) atoms. The molecule has 3 aliphatic rings. The van der Waals surface area contributed by atoms with E-state index in [1.165, 1.54) is 9.80 Å². The normalized spacial score (nSPS) is 25.5. The number of para-hydroxylation sites is 1. The van der Waals surface area contributed by atoms with E-state index in [2.05, 4.69) is 10.6 Å². The Morgan fingerprint density at radius 3 is 2.76 bits per heavy atom. The van der Waals surface area contributed by atoms with Gasteiger partial charge in [-0.3, -0.25) is 19.2 Å². The molecule has 1 aromatic carbocycles. The van der Waals surface area contributed by atoms with E-state index >= 15 is 0 Å². The van der Waals surface area contributed by atoms with Crippen molar-refractivity contribution in [1.82, 2.24) is 20.4 Å². The monoisotopic (exact) mass is 400 g/mol. The number of ether oxygens (including phenoxy) is 1. The third kappa shape index (κ3) is 3.64. The molecular formula is C20H24N4O5. The van der Waals surface area contributed by atoms with Crippen LogP contribution in [0.4, 0.5) is 0 Å². The summed E-state index contributed by atoms with van der Waals surface area (Å²) >= 11 is 0. The van der Waals surface area contributed by atoms with Crippen LogP contribution in [0.3, 0.4) is 0 Å². The largest absolute Gasteiger partial charge is 0.467 e. The third-order valence-electron chi connectivity index (χ3n) is 5.77. The highest BCUT2D eigenvalue weighted by atomic mass is 16.5. The lowest BCUT2D eigenvalue weighted by atomic mass is 10.0. The number of fused-ring (bicyclic) bond motifs is 1. The third-order valence-corrected chi connectivity index (χ3v) is 5.77. The second-order valence-electron chi connectivity index (χ2n) is 7.67. The molecule has 9 nitrogen and oxygen atoms in total. The molecule has 1 spiro atoms. The summed E-state index contributed by atoms with van der Waals surface area (Å²) in [7, 11) is 0. The number of nitrogens with zero attached hydrogens (tertiary/aromatic N) is 2. The van der Waals surface area contributed by atoms with Crippen LogP contribution in [0.25, 0.3) is 0 Å². The summed E-state index contributed by atoms with van der Waals surface area (Å²) in [5.74, 6) is -0.337. The first-order valence-corrected chi connectivity index (χ1v) is 9.84. The standard InChI is InChI=1S/C20H24N4O5/c1-13(19(28)23-11-9-21-16(25)12-23)24-10-8-20(7-6-17(24)26)22-18(27)14-4-2-3-5-15(14)29-20/h2-5,13H,6-12H2,1H3,(H,21,25)(H,22,27). The molecule has 3 aliphatic heterocycles. The molecule has 3 heterocycles. The van der Waals surface area contributed by atoms with Gasteiger partial charge < -0.3 is 25.2 Å². The van der Waals surface area contributed by atoms with Crippen LogP contribution in [0.2, 0.25) is 0 Å². The number of piperazine rings is 1. The molecule has 154 valence electrons. The lowest BCUT2D eigenvalue weighted by Gasteiger charge is -2.38. The summed E-state index contributed by atoms with van der Waals surface area (Å²) in [5, 5.41) is 5.60. The maximum atomic E-state index is 12.8. The van der Waals surface area contributed by atoms with Crippen molar-refractivity contribution in [2.75, 3.05) is 26.2 Å². The molecule has 0 aromatic heterocycles. The van der Waals surface area contributed by atoms with Crippen LogP contribution in [0, 0.1) is 0 Å². The maximum absolute atomic E-state index is 12.8. The number of carbonyl (C=O) groups excluding carboxylic acids is 4. The number of carbonyl (C=O) groups is 4. The molecule has 2 fully saturated rings. The summed E-state index contributed by atoms with van der Waals surface area (Å²) in [6.07, 6.45) is 0.854. The minimum atomic E-state index is -0.969. The second kappa shape index (κ2) is 7.38. The zero-order valence-electron chi connectivity index (χ0n) is 16.3. The number of amides is 4. The molecule has 2 saturated heterocycles. The Balaban J connectivity index is 1.48. The zero-order valence-corrected chi connectivity index (χ0v) is 16.3. The minimum absolute atomic E-state index is 0.00505. The van der Waals surface area contributed by atoms with E-state index in [1.807, 2.05) is 0 Å². The molecule has 2 unspecified atom stereocenters. The number of hydrogen-bond acceptors (Lipinski definition) is 5. The summed E-state index contributed by atoms with van der Waals surface area (Å²) in [5.41, 5.74) is -0.499. The first-order valence-electron chi connectivity index (χ1n) is 9.84. The van der Waals surface area contributed by atoms with Crippen LogP contribution in [-0.4, -0.2) is 71.4 Å². The highest BCUT2D eigenvalue weighted by Crippen LogP contribution is 2.34. The van der Waals surface area contributed by atoms with Crippen molar-refractivity contribution < 1.29 is 23.9 Å². The fourth-order valence-corrected chi connectivity index (χ4v) is 4.12. The van der Waals surface area contributed by atoms with E-state index in [4.69, 9.17) is 4.74 Å². The Hall–Kier alpha value is -3.10. The van der Waals surface area contributed by atoms with Gasteiger partial charge in [0.15, 0.2) is 5.72 Å². The predicted octanol–water partition coefficient (Wildman–Crippen LogP) is -0.135. The average Bonchev–Trinajstić information content (AvgIpc) is 2.86. The molecule has 2 atom stereocenters. The number of benzene rings is 1. The van der Waals surface area contributed by atoms with Crippen LogP contribution < -0.4 is 15.4 Å². The Bertz CT molecular complexity index is 872. The van der Waals surface area contributed by atoms with Crippen LogP contribution in [0.15, 0.2) is 24.3 Å².